The number of carbonyl (C=O) groups excluding carboxylic acids is 2. The second-order valence-electron chi connectivity index (χ2n) is 7.44. The highest BCUT2D eigenvalue weighted by atomic mass is 16.2. The van der Waals surface area contributed by atoms with Crippen LogP contribution in [0.15, 0.2) is 72.9 Å². The lowest BCUT2D eigenvalue weighted by Gasteiger charge is -2.08. The molecule has 162 valence electrons. The van der Waals surface area contributed by atoms with Crippen LogP contribution in [-0.4, -0.2) is 31.4 Å². The summed E-state index contributed by atoms with van der Waals surface area (Å²) in [5.74, 6) is -0.742. The molecule has 0 radical (unpaired) electrons. The predicted octanol–water partition coefficient (Wildman–Crippen LogP) is 3.20. The van der Waals surface area contributed by atoms with Gasteiger partial charge in [-0.25, -0.2) is 4.68 Å². The molecular formula is C24H24N6O2. The Hall–Kier alpha value is -4.20. The van der Waals surface area contributed by atoms with E-state index in [1.54, 1.807) is 15.6 Å². The molecule has 8 nitrogen and oxygen atoms in total. The third kappa shape index (κ3) is 4.75. The smallest absolute Gasteiger partial charge is 0.273 e. The highest BCUT2D eigenvalue weighted by molar-refractivity contribution is 6.00. The maximum atomic E-state index is 12.9. The van der Waals surface area contributed by atoms with Gasteiger partial charge in [0, 0.05) is 23.9 Å². The van der Waals surface area contributed by atoms with Crippen molar-refractivity contribution in [2.75, 3.05) is 0 Å². The number of aryl methyl sites for hydroxylation is 3. The van der Waals surface area contributed by atoms with Crippen LogP contribution in [-0.2, 0) is 11.3 Å². The second-order valence-corrected chi connectivity index (χ2v) is 7.44. The van der Waals surface area contributed by atoms with E-state index < -0.39 is 5.91 Å². The van der Waals surface area contributed by atoms with Gasteiger partial charge >= 0.3 is 0 Å². The average Bonchev–Trinajstić information content (AvgIpc) is 3.40. The van der Waals surface area contributed by atoms with Gasteiger partial charge in [0.05, 0.1) is 23.5 Å². The molecule has 4 aromatic rings. The molecule has 2 N–H and O–H groups in total. The van der Waals surface area contributed by atoms with Crippen LogP contribution in [0, 0.1) is 13.8 Å². The fourth-order valence-electron chi connectivity index (χ4n) is 3.43. The van der Waals surface area contributed by atoms with Crippen molar-refractivity contribution in [1.29, 1.82) is 0 Å². The van der Waals surface area contributed by atoms with Crippen molar-refractivity contribution in [3.63, 3.8) is 0 Å². The summed E-state index contributed by atoms with van der Waals surface area (Å²) in [6.45, 7) is 4.28. The summed E-state index contributed by atoms with van der Waals surface area (Å²) in [5.41, 5.74) is 9.42. The summed E-state index contributed by atoms with van der Waals surface area (Å²) in [5, 5.41) is 8.96. The van der Waals surface area contributed by atoms with Crippen molar-refractivity contribution < 1.29 is 9.59 Å². The van der Waals surface area contributed by atoms with Gasteiger partial charge in [0.25, 0.3) is 5.91 Å². The molecule has 0 aliphatic carbocycles. The number of benzene rings is 2. The van der Waals surface area contributed by atoms with E-state index in [-0.39, 0.29) is 12.3 Å². The summed E-state index contributed by atoms with van der Waals surface area (Å²) >= 11 is 0. The molecule has 0 bridgehead atoms. The van der Waals surface area contributed by atoms with Gasteiger partial charge in [-0.3, -0.25) is 25.1 Å². The predicted molar refractivity (Wildman–Crippen MR) is 121 cm³/mol. The monoisotopic (exact) mass is 428 g/mol. The molecular weight excluding hydrogens is 404 g/mol. The lowest BCUT2D eigenvalue weighted by atomic mass is 10.1. The molecule has 0 aliphatic rings. The lowest BCUT2D eigenvalue weighted by Crippen LogP contribution is -2.42. The summed E-state index contributed by atoms with van der Waals surface area (Å²) in [6, 6.07) is 21.0. The fraction of sp³-hybridized carbons (Fsp3) is 0.167. The number of carbonyl (C=O) groups is 2. The molecule has 0 aliphatic heterocycles. The van der Waals surface area contributed by atoms with Gasteiger partial charge in [-0.05, 0) is 32.0 Å². The zero-order valence-corrected chi connectivity index (χ0v) is 17.9. The molecule has 2 aromatic carbocycles. The number of hydrazine groups is 1. The van der Waals surface area contributed by atoms with Gasteiger partial charge in [-0.15, -0.1) is 0 Å². The third-order valence-corrected chi connectivity index (χ3v) is 5.00. The Balaban J connectivity index is 1.48. The van der Waals surface area contributed by atoms with E-state index in [1.807, 2.05) is 80.6 Å². The average molecular weight is 428 g/mol. The van der Waals surface area contributed by atoms with Crippen molar-refractivity contribution in [2.45, 2.75) is 26.8 Å². The zero-order chi connectivity index (χ0) is 22.5. The first-order valence-electron chi connectivity index (χ1n) is 10.3. The highest BCUT2D eigenvalue weighted by Crippen LogP contribution is 2.23. The Bertz CT molecular complexity index is 1230. The van der Waals surface area contributed by atoms with E-state index in [4.69, 9.17) is 0 Å². The van der Waals surface area contributed by atoms with Crippen LogP contribution < -0.4 is 10.9 Å². The van der Waals surface area contributed by atoms with Crippen molar-refractivity contribution in [3.8, 4) is 16.9 Å². The first kappa shape index (κ1) is 21.0. The number of nitrogens with one attached hydrogen (secondary N) is 2. The van der Waals surface area contributed by atoms with E-state index in [1.165, 1.54) is 0 Å². The van der Waals surface area contributed by atoms with E-state index in [2.05, 4.69) is 21.0 Å². The SMILES string of the molecule is Cc1cc(C)n(CCC(=O)NNC(=O)c2cn(-c3ccccc3)nc2-c2ccccc2)n1. The van der Waals surface area contributed by atoms with E-state index in [9.17, 15) is 9.59 Å². The maximum Gasteiger partial charge on any atom is 0.273 e. The maximum absolute atomic E-state index is 12.9. The van der Waals surface area contributed by atoms with E-state index in [0.717, 1.165) is 22.6 Å². The Morgan fingerprint density at radius 1 is 0.906 bits per heavy atom. The molecule has 32 heavy (non-hydrogen) atoms. The Kier molecular flexibility index (Phi) is 6.12. The van der Waals surface area contributed by atoms with Gasteiger partial charge in [-0.2, -0.15) is 10.2 Å². The van der Waals surface area contributed by atoms with Gasteiger partial charge in [0.15, 0.2) is 0 Å². The van der Waals surface area contributed by atoms with Crippen LogP contribution in [0.25, 0.3) is 16.9 Å². The molecule has 2 heterocycles. The number of rotatable bonds is 6. The molecule has 0 saturated carbocycles. The molecule has 2 aromatic heterocycles. The molecule has 4 rings (SSSR count). The number of para-hydroxylation sites is 1. The quantitative estimate of drug-likeness (QED) is 0.461. The largest absolute Gasteiger partial charge is 0.273 e. The summed E-state index contributed by atoms with van der Waals surface area (Å²) in [7, 11) is 0. The molecule has 2 amide bonds. The number of amides is 2. The van der Waals surface area contributed by atoms with Gasteiger partial charge in [-0.1, -0.05) is 48.5 Å². The minimum atomic E-state index is -0.439. The Labute approximate surface area is 185 Å². The molecule has 0 spiro atoms. The first-order valence-corrected chi connectivity index (χ1v) is 10.3. The zero-order valence-electron chi connectivity index (χ0n) is 17.9. The van der Waals surface area contributed by atoms with Crippen molar-refractivity contribution >= 4 is 11.8 Å². The van der Waals surface area contributed by atoms with Crippen LogP contribution in [0.3, 0.4) is 0 Å². The van der Waals surface area contributed by atoms with Crippen molar-refractivity contribution in [1.82, 2.24) is 30.4 Å². The van der Waals surface area contributed by atoms with Gasteiger partial charge in [0.1, 0.15) is 5.69 Å². The van der Waals surface area contributed by atoms with E-state index in [0.29, 0.717) is 17.8 Å². The third-order valence-electron chi connectivity index (χ3n) is 5.00. The fourth-order valence-corrected chi connectivity index (χ4v) is 3.43. The van der Waals surface area contributed by atoms with Crippen LogP contribution in [0.2, 0.25) is 0 Å². The standard InChI is InChI=1S/C24H24N6O2/c1-17-15-18(2)29(27-17)14-13-22(31)25-26-24(32)21-16-30(20-11-7-4-8-12-20)28-23(21)19-9-5-3-6-10-19/h3-12,15-16H,13-14H2,1-2H3,(H,25,31)(H,26,32). The Morgan fingerprint density at radius 3 is 2.25 bits per heavy atom. The lowest BCUT2D eigenvalue weighted by molar-refractivity contribution is -0.122. The first-order chi connectivity index (χ1) is 15.5. The minimum absolute atomic E-state index is 0.192. The van der Waals surface area contributed by atoms with Gasteiger partial charge in [0.2, 0.25) is 5.91 Å². The van der Waals surface area contributed by atoms with Crippen LogP contribution in [0.1, 0.15) is 28.2 Å². The minimum Gasteiger partial charge on any atom is -0.273 e. The number of aromatic nitrogens is 4. The number of hydrogen-bond donors (Lipinski definition) is 2. The summed E-state index contributed by atoms with van der Waals surface area (Å²) in [6.07, 6.45) is 1.85. The van der Waals surface area contributed by atoms with Crippen molar-refractivity contribution in [3.05, 3.63) is 89.9 Å². The van der Waals surface area contributed by atoms with Crippen LogP contribution in [0.5, 0.6) is 0 Å². The number of nitrogens with zero attached hydrogens (tertiary/aromatic N) is 4. The van der Waals surface area contributed by atoms with Gasteiger partial charge < -0.3 is 0 Å². The normalized spacial score (nSPS) is 10.7. The second kappa shape index (κ2) is 9.30. The highest BCUT2D eigenvalue weighted by Gasteiger charge is 2.19. The molecule has 0 fully saturated rings. The van der Waals surface area contributed by atoms with Crippen molar-refractivity contribution in [2.24, 2.45) is 0 Å². The van der Waals surface area contributed by atoms with E-state index >= 15 is 0 Å². The topological polar surface area (TPSA) is 93.8 Å². The Morgan fingerprint density at radius 2 is 1.59 bits per heavy atom. The van der Waals surface area contributed by atoms with Crippen LogP contribution >= 0.6 is 0 Å². The molecule has 0 saturated heterocycles. The summed E-state index contributed by atoms with van der Waals surface area (Å²) < 4.78 is 3.43. The summed E-state index contributed by atoms with van der Waals surface area (Å²) in [4.78, 5) is 25.2. The molecule has 8 heteroatoms. The number of hydrogen-bond acceptors (Lipinski definition) is 4. The molecule has 0 unspecified atom stereocenters. The van der Waals surface area contributed by atoms with Crippen LogP contribution in [0.4, 0.5) is 0 Å². The molecule has 0 atom stereocenters.